The molecule has 1 N–H and O–H groups in total. The first-order valence-electron chi connectivity index (χ1n) is 11.3. The summed E-state index contributed by atoms with van der Waals surface area (Å²) in [6, 6.07) is 18.8. The summed E-state index contributed by atoms with van der Waals surface area (Å²) in [5, 5.41) is 0. The summed E-state index contributed by atoms with van der Waals surface area (Å²) in [4.78, 5) is 36.9. The molecule has 33 heavy (non-hydrogen) atoms. The number of fused-ring (bicyclic) bond motifs is 1. The Kier molecular flexibility index (Phi) is 5.60. The SMILES string of the molecule is Cc1ccc(Cn2c(N3CCN(Cc4ccccc4)CC3)nc3c2c(=O)[nH]c(=O)n3C)cc1. The van der Waals surface area contributed by atoms with Crippen molar-refractivity contribution in [1.29, 1.82) is 0 Å². The zero-order valence-corrected chi connectivity index (χ0v) is 19.0. The van der Waals surface area contributed by atoms with Crippen LogP contribution < -0.4 is 16.1 Å². The van der Waals surface area contributed by atoms with E-state index in [9.17, 15) is 9.59 Å². The fraction of sp³-hybridized carbons (Fsp3) is 0.320. The van der Waals surface area contributed by atoms with Crippen LogP contribution in [-0.4, -0.2) is 50.2 Å². The zero-order chi connectivity index (χ0) is 22.9. The van der Waals surface area contributed by atoms with Gasteiger partial charge in [-0.2, -0.15) is 4.98 Å². The summed E-state index contributed by atoms with van der Waals surface area (Å²) in [5.74, 6) is 0.733. The van der Waals surface area contributed by atoms with E-state index in [2.05, 4.69) is 70.2 Å². The number of imidazole rings is 1. The van der Waals surface area contributed by atoms with Crippen LogP contribution in [0.5, 0.6) is 0 Å². The predicted octanol–water partition coefficient (Wildman–Crippen LogP) is 2.10. The number of hydrogen-bond donors (Lipinski definition) is 1. The van der Waals surface area contributed by atoms with Crippen LogP contribution in [0.25, 0.3) is 11.2 Å². The highest BCUT2D eigenvalue weighted by Gasteiger charge is 2.25. The maximum atomic E-state index is 12.8. The van der Waals surface area contributed by atoms with Gasteiger partial charge in [-0.05, 0) is 18.1 Å². The molecule has 2 aromatic carbocycles. The van der Waals surface area contributed by atoms with Crippen molar-refractivity contribution in [2.45, 2.75) is 20.0 Å². The average molecular weight is 445 g/mol. The Labute approximate surface area is 191 Å². The van der Waals surface area contributed by atoms with Gasteiger partial charge in [-0.25, -0.2) is 4.79 Å². The van der Waals surface area contributed by atoms with Crippen molar-refractivity contribution in [3.05, 3.63) is 92.1 Å². The van der Waals surface area contributed by atoms with E-state index in [-0.39, 0.29) is 0 Å². The van der Waals surface area contributed by atoms with Crippen LogP contribution >= 0.6 is 0 Å². The van der Waals surface area contributed by atoms with Crippen molar-refractivity contribution in [3.8, 4) is 0 Å². The van der Waals surface area contributed by atoms with Gasteiger partial charge in [0.15, 0.2) is 11.2 Å². The van der Waals surface area contributed by atoms with Crippen LogP contribution in [0.4, 0.5) is 5.95 Å². The number of aryl methyl sites for hydroxylation is 2. The van der Waals surface area contributed by atoms with Gasteiger partial charge in [-0.1, -0.05) is 60.2 Å². The van der Waals surface area contributed by atoms with Crippen LogP contribution in [0.1, 0.15) is 16.7 Å². The van der Waals surface area contributed by atoms with Crippen molar-refractivity contribution < 1.29 is 0 Å². The Morgan fingerprint density at radius 2 is 1.55 bits per heavy atom. The standard InChI is InChI=1S/C25H28N6O2/c1-18-8-10-20(11-9-18)17-31-21-22(28(2)25(33)27-23(21)32)26-24(31)30-14-12-29(13-15-30)16-19-6-4-3-5-7-19/h3-11H,12-17H2,1-2H3,(H,27,32,33). The van der Waals surface area contributed by atoms with Crippen molar-refractivity contribution in [3.63, 3.8) is 0 Å². The van der Waals surface area contributed by atoms with Crippen molar-refractivity contribution in [2.24, 2.45) is 7.05 Å². The monoisotopic (exact) mass is 444 g/mol. The molecule has 0 atom stereocenters. The van der Waals surface area contributed by atoms with Gasteiger partial charge in [0.2, 0.25) is 5.95 Å². The topological polar surface area (TPSA) is 79.2 Å². The maximum Gasteiger partial charge on any atom is 0.329 e. The predicted molar refractivity (Wildman–Crippen MR) is 130 cm³/mol. The molecule has 8 heteroatoms. The normalized spacial score (nSPS) is 14.8. The first-order chi connectivity index (χ1) is 16.0. The van der Waals surface area contributed by atoms with E-state index in [1.807, 2.05) is 10.6 Å². The Morgan fingerprint density at radius 3 is 2.24 bits per heavy atom. The minimum atomic E-state index is -0.452. The van der Waals surface area contributed by atoms with E-state index in [0.29, 0.717) is 17.7 Å². The molecule has 0 saturated carbocycles. The summed E-state index contributed by atoms with van der Waals surface area (Å²) >= 11 is 0. The van der Waals surface area contributed by atoms with Crippen LogP contribution in [0.2, 0.25) is 0 Å². The number of aromatic nitrogens is 4. The lowest BCUT2D eigenvalue weighted by atomic mass is 10.1. The van der Waals surface area contributed by atoms with Gasteiger partial charge < -0.3 is 4.90 Å². The number of anilines is 1. The lowest BCUT2D eigenvalue weighted by Gasteiger charge is -2.35. The second-order valence-electron chi connectivity index (χ2n) is 8.72. The van der Waals surface area contributed by atoms with Crippen molar-refractivity contribution in [1.82, 2.24) is 24.0 Å². The molecule has 170 valence electrons. The average Bonchev–Trinajstić information content (AvgIpc) is 3.20. The number of aromatic amines is 1. The lowest BCUT2D eigenvalue weighted by molar-refractivity contribution is 0.248. The van der Waals surface area contributed by atoms with Gasteiger partial charge in [0, 0.05) is 39.8 Å². The minimum Gasteiger partial charge on any atom is -0.340 e. The lowest BCUT2D eigenvalue weighted by Crippen LogP contribution is -2.46. The molecule has 0 aliphatic carbocycles. The van der Waals surface area contributed by atoms with Gasteiger partial charge in [0.05, 0.1) is 6.54 Å². The van der Waals surface area contributed by atoms with Crippen LogP contribution in [0.3, 0.4) is 0 Å². The molecule has 3 heterocycles. The van der Waals surface area contributed by atoms with E-state index in [1.165, 1.54) is 15.7 Å². The Morgan fingerprint density at radius 1 is 0.879 bits per heavy atom. The molecular formula is C25H28N6O2. The van der Waals surface area contributed by atoms with E-state index < -0.39 is 11.2 Å². The highest BCUT2D eigenvalue weighted by Crippen LogP contribution is 2.23. The summed E-state index contributed by atoms with van der Waals surface area (Å²) < 4.78 is 3.36. The number of nitrogens with zero attached hydrogens (tertiary/aromatic N) is 5. The minimum absolute atomic E-state index is 0.401. The molecule has 0 spiro atoms. The summed E-state index contributed by atoms with van der Waals surface area (Å²) in [6.07, 6.45) is 0. The number of piperazine rings is 1. The number of hydrogen-bond acceptors (Lipinski definition) is 5. The Bertz CT molecular complexity index is 1380. The third-order valence-corrected chi connectivity index (χ3v) is 6.35. The number of nitrogens with one attached hydrogen (secondary N) is 1. The third kappa shape index (κ3) is 4.21. The molecule has 5 rings (SSSR count). The molecule has 2 aromatic heterocycles. The molecule has 4 aromatic rings. The van der Waals surface area contributed by atoms with Gasteiger partial charge in [-0.3, -0.25) is 23.8 Å². The molecule has 0 bridgehead atoms. The van der Waals surface area contributed by atoms with Crippen LogP contribution in [0, 0.1) is 6.92 Å². The first kappa shape index (κ1) is 21.2. The molecular weight excluding hydrogens is 416 g/mol. The maximum absolute atomic E-state index is 12.8. The summed E-state index contributed by atoms with van der Waals surface area (Å²) in [7, 11) is 1.64. The van der Waals surface area contributed by atoms with Crippen LogP contribution in [0.15, 0.2) is 64.2 Å². The number of rotatable bonds is 5. The highest BCUT2D eigenvalue weighted by molar-refractivity contribution is 5.74. The van der Waals surface area contributed by atoms with E-state index in [1.54, 1.807) is 7.05 Å². The molecule has 0 unspecified atom stereocenters. The van der Waals surface area contributed by atoms with Gasteiger partial charge in [-0.15, -0.1) is 0 Å². The van der Waals surface area contributed by atoms with Crippen molar-refractivity contribution >= 4 is 17.1 Å². The molecule has 1 saturated heterocycles. The largest absolute Gasteiger partial charge is 0.340 e. The van der Waals surface area contributed by atoms with Gasteiger partial charge in [0.1, 0.15) is 0 Å². The second-order valence-corrected chi connectivity index (χ2v) is 8.72. The van der Waals surface area contributed by atoms with Crippen LogP contribution in [-0.2, 0) is 20.1 Å². The fourth-order valence-corrected chi connectivity index (χ4v) is 4.44. The summed E-state index contributed by atoms with van der Waals surface area (Å²) in [6.45, 7) is 6.89. The molecule has 1 fully saturated rings. The van der Waals surface area contributed by atoms with E-state index in [0.717, 1.165) is 44.2 Å². The smallest absolute Gasteiger partial charge is 0.329 e. The molecule has 8 nitrogen and oxygen atoms in total. The first-order valence-corrected chi connectivity index (χ1v) is 11.3. The van der Waals surface area contributed by atoms with Gasteiger partial charge in [0.25, 0.3) is 5.56 Å². The molecule has 1 aliphatic heterocycles. The van der Waals surface area contributed by atoms with Gasteiger partial charge >= 0.3 is 5.69 Å². The number of H-pyrrole nitrogens is 1. The zero-order valence-electron chi connectivity index (χ0n) is 19.0. The number of benzene rings is 2. The second kappa shape index (κ2) is 8.71. The van der Waals surface area contributed by atoms with Crippen molar-refractivity contribution in [2.75, 3.05) is 31.1 Å². The highest BCUT2D eigenvalue weighted by atomic mass is 16.2. The quantitative estimate of drug-likeness (QED) is 0.510. The summed E-state index contributed by atoms with van der Waals surface area (Å²) in [5.41, 5.74) is 3.56. The Hall–Kier alpha value is -3.65. The Balaban J connectivity index is 1.47. The third-order valence-electron chi connectivity index (χ3n) is 6.35. The van der Waals surface area contributed by atoms with E-state index >= 15 is 0 Å². The molecule has 0 radical (unpaired) electrons. The van der Waals surface area contributed by atoms with E-state index in [4.69, 9.17) is 4.98 Å². The molecule has 0 amide bonds. The fourth-order valence-electron chi connectivity index (χ4n) is 4.44. The molecule has 1 aliphatic rings.